The second-order valence-corrected chi connectivity index (χ2v) is 5.63. The molecule has 0 atom stereocenters. The molecule has 0 aliphatic carbocycles. The summed E-state index contributed by atoms with van der Waals surface area (Å²) < 4.78 is 5.56. The second-order valence-electron chi connectivity index (χ2n) is 5.63. The van der Waals surface area contributed by atoms with Gasteiger partial charge < -0.3 is 15.8 Å². The zero-order valence-corrected chi connectivity index (χ0v) is 13.7. The van der Waals surface area contributed by atoms with Crippen molar-refractivity contribution in [3.63, 3.8) is 0 Å². The van der Waals surface area contributed by atoms with Crippen molar-refractivity contribution in [2.45, 2.75) is 26.9 Å². The smallest absolute Gasteiger partial charge is 0.248 e. The number of nitrogen functional groups attached to an aromatic ring is 1. The third kappa shape index (κ3) is 5.18. The molecule has 4 heteroatoms. The zero-order valence-electron chi connectivity index (χ0n) is 13.7. The SMILES string of the molecule is Cc1ccc(/C=C/C(=O)Nc2ccc(OC(C)C)cc2)cc1N. The Hall–Kier alpha value is -2.75. The van der Waals surface area contributed by atoms with Crippen molar-refractivity contribution in [3.8, 4) is 5.75 Å². The number of hydrogen-bond acceptors (Lipinski definition) is 3. The molecule has 0 spiro atoms. The zero-order chi connectivity index (χ0) is 16.8. The van der Waals surface area contributed by atoms with Crippen molar-refractivity contribution in [2.75, 3.05) is 11.1 Å². The van der Waals surface area contributed by atoms with E-state index in [1.807, 2.05) is 63.2 Å². The Kier molecular flexibility index (Phi) is 5.41. The maximum atomic E-state index is 11.9. The summed E-state index contributed by atoms with van der Waals surface area (Å²) in [4.78, 5) is 11.9. The Labute approximate surface area is 137 Å². The Morgan fingerprint density at radius 3 is 2.48 bits per heavy atom. The number of rotatable bonds is 5. The third-order valence-corrected chi connectivity index (χ3v) is 3.22. The van der Waals surface area contributed by atoms with Crippen LogP contribution >= 0.6 is 0 Å². The molecule has 1 amide bonds. The number of ether oxygens (including phenoxy) is 1. The van der Waals surface area contributed by atoms with E-state index in [2.05, 4.69) is 5.32 Å². The van der Waals surface area contributed by atoms with E-state index in [1.54, 1.807) is 6.08 Å². The van der Waals surface area contributed by atoms with Gasteiger partial charge in [0.2, 0.25) is 5.91 Å². The van der Waals surface area contributed by atoms with Crippen molar-refractivity contribution in [3.05, 3.63) is 59.7 Å². The average molecular weight is 310 g/mol. The Bertz CT molecular complexity index is 704. The summed E-state index contributed by atoms with van der Waals surface area (Å²) in [7, 11) is 0. The molecule has 0 aliphatic rings. The van der Waals surface area contributed by atoms with Crippen LogP contribution in [0.3, 0.4) is 0 Å². The lowest BCUT2D eigenvalue weighted by Crippen LogP contribution is -2.08. The average Bonchev–Trinajstić information content (AvgIpc) is 2.50. The molecular weight excluding hydrogens is 288 g/mol. The minimum Gasteiger partial charge on any atom is -0.491 e. The lowest BCUT2D eigenvalue weighted by Gasteiger charge is -2.10. The van der Waals surface area contributed by atoms with Crippen LogP contribution in [0.15, 0.2) is 48.5 Å². The molecule has 0 aliphatic heterocycles. The van der Waals surface area contributed by atoms with Crippen LogP contribution in [0.4, 0.5) is 11.4 Å². The van der Waals surface area contributed by atoms with Gasteiger partial charge in [0.15, 0.2) is 0 Å². The Morgan fingerprint density at radius 1 is 1.17 bits per heavy atom. The molecule has 0 saturated heterocycles. The largest absolute Gasteiger partial charge is 0.491 e. The standard InChI is InChI=1S/C19H22N2O2/c1-13(2)23-17-9-7-16(8-10-17)21-19(22)11-6-15-5-4-14(3)18(20)12-15/h4-13H,20H2,1-3H3,(H,21,22)/b11-6+. The van der Waals surface area contributed by atoms with E-state index in [-0.39, 0.29) is 12.0 Å². The first kappa shape index (κ1) is 16.6. The molecule has 0 fully saturated rings. The maximum absolute atomic E-state index is 11.9. The maximum Gasteiger partial charge on any atom is 0.248 e. The molecular formula is C19H22N2O2. The van der Waals surface area contributed by atoms with Gasteiger partial charge in [0.05, 0.1) is 6.10 Å². The van der Waals surface area contributed by atoms with E-state index in [0.717, 1.165) is 22.6 Å². The predicted octanol–water partition coefficient (Wildman–Crippen LogP) is 4.02. The fraction of sp³-hybridized carbons (Fsp3) is 0.211. The number of benzene rings is 2. The highest BCUT2D eigenvalue weighted by Crippen LogP contribution is 2.17. The normalized spacial score (nSPS) is 11.0. The molecule has 0 heterocycles. The molecule has 2 aromatic rings. The molecule has 0 bridgehead atoms. The minimum absolute atomic E-state index is 0.125. The van der Waals surface area contributed by atoms with Crippen LogP contribution in [0.2, 0.25) is 0 Å². The summed E-state index contributed by atoms with van der Waals surface area (Å²) in [6, 6.07) is 13.0. The molecule has 120 valence electrons. The topological polar surface area (TPSA) is 64.3 Å². The van der Waals surface area contributed by atoms with Crippen LogP contribution in [0.25, 0.3) is 6.08 Å². The lowest BCUT2D eigenvalue weighted by molar-refractivity contribution is -0.111. The van der Waals surface area contributed by atoms with Crippen LogP contribution in [0.1, 0.15) is 25.0 Å². The molecule has 0 radical (unpaired) electrons. The first-order chi connectivity index (χ1) is 10.9. The summed E-state index contributed by atoms with van der Waals surface area (Å²) >= 11 is 0. The van der Waals surface area contributed by atoms with Crippen molar-refractivity contribution < 1.29 is 9.53 Å². The van der Waals surface area contributed by atoms with Crippen LogP contribution in [0.5, 0.6) is 5.75 Å². The molecule has 23 heavy (non-hydrogen) atoms. The number of amides is 1. The van der Waals surface area contributed by atoms with E-state index in [4.69, 9.17) is 10.5 Å². The summed E-state index contributed by atoms with van der Waals surface area (Å²) in [5.74, 6) is 0.588. The van der Waals surface area contributed by atoms with Gasteiger partial charge in [0.25, 0.3) is 0 Å². The molecule has 3 N–H and O–H groups in total. The molecule has 0 saturated carbocycles. The van der Waals surface area contributed by atoms with E-state index in [1.165, 1.54) is 6.08 Å². The van der Waals surface area contributed by atoms with Crippen LogP contribution in [0, 0.1) is 6.92 Å². The van der Waals surface area contributed by atoms with Crippen LogP contribution in [-0.2, 0) is 4.79 Å². The predicted molar refractivity (Wildman–Crippen MR) is 95.5 cm³/mol. The van der Waals surface area contributed by atoms with Gasteiger partial charge in [-0.25, -0.2) is 0 Å². The Morgan fingerprint density at radius 2 is 1.87 bits per heavy atom. The van der Waals surface area contributed by atoms with Crippen molar-refractivity contribution >= 4 is 23.4 Å². The second kappa shape index (κ2) is 7.49. The highest BCUT2D eigenvalue weighted by Gasteiger charge is 2.01. The quantitative estimate of drug-likeness (QED) is 0.647. The van der Waals surface area contributed by atoms with Crippen molar-refractivity contribution in [2.24, 2.45) is 0 Å². The Balaban J connectivity index is 1.96. The number of nitrogens with two attached hydrogens (primary N) is 1. The third-order valence-electron chi connectivity index (χ3n) is 3.22. The molecule has 2 rings (SSSR count). The van der Waals surface area contributed by atoms with Crippen LogP contribution < -0.4 is 15.8 Å². The number of carbonyl (C=O) groups is 1. The van der Waals surface area contributed by atoms with Crippen LogP contribution in [-0.4, -0.2) is 12.0 Å². The summed E-state index contributed by atoms with van der Waals surface area (Å²) in [6.07, 6.45) is 3.35. The van der Waals surface area contributed by atoms with Crippen molar-refractivity contribution in [1.29, 1.82) is 0 Å². The first-order valence-corrected chi connectivity index (χ1v) is 7.56. The highest BCUT2D eigenvalue weighted by atomic mass is 16.5. The van der Waals surface area contributed by atoms with Gasteiger partial charge in [-0.3, -0.25) is 4.79 Å². The summed E-state index contributed by atoms with van der Waals surface area (Å²) in [5, 5.41) is 2.81. The fourth-order valence-corrected chi connectivity index (χ4v) is 2.01. The van der Waals surface area contributed by atoms with Gasteiger partial charge in [0.1, 0.15) is 5.75 Å². The fourth-order valence-electron chi connectivity index (χ4n) is 2.01. The number of nitrogens with one attached hydrogen (secondary N) is 1. The van der Waals surface area contributed by atoms with Gasteiger partial charge in [-0.1, -0.05) is 12.1 Å². The lowest BCUT2D eigenvalue weighted by atomic mass is 10.1. The summed E-state index contributed by atoms with van der Waals surface area (Å²) in [6.45, 7) is 5.89. The molecule has 0 unspecified atom stereocenters. The highest BCUT2D eigenvalue weighted by molar-refractivity contribution is 6.02. The van der Waals surface area contributed by atoms with Crippen molar-refractivity contribution in [1.82, 2.24) is 0 Å². The van der Waals surface area contributed by atoms with E-state index in [9.17, 15) is 4.79 Å². The molecule has 4 nitrogen and oxygen atoms in total. The number of anilines is 2. The van der Waals surface area contributed by atoms with E-state index >= 15 is 0 Å². The first-order valence-electron chi connectivity index (χ1n) is 7.56. The van der Waals surface area contributed by atoms with Gasteiger partial charge in [-0.2, -0.15) is 0 Å². The molecule has 2 aromatic carbocycles. The monoisotopic (exact) mass is 310 g/mol. The number of carbonyl (C=O) groups excluding carboxylic acids is 1. The molecule has 0 aromatic heterocycles. The van der Waals surface area contributed by atoms with Gasteiger partial charge in [0, 0.05) is 17.5 Å². The van der Waals surface area contributed by atoms with E-state index in [0.29, 0.717) is 5.69 Å². The van der Waals surface area contributed by atoms with E-state index < -0.39 is 0 Å². The van der Waals surface area contributed by atoms with Gasteiger partial charge >= 0.3 is 0 Å². The number of aryl methyl sites for hydroxylation is 1. The van der Waals surface area contributed by atoms with Gasteiger partial charge in [-0.15, -0.1) is 0 Å². The summed E-state index contributed by atoms with van der Waals surface area (Å²) in [5.41, 5.74) is 9.21. The minimum atomic E-state index is -0.193. The number of hydrogen-bond donors (Lipinski definition) is 2. The van der Waals surface area contributed by atoms with Gasteiger partial charge in [-0.05, 0) is 68.3 Å².